The van der Waals surface area contributed by atoms with E-state index in [4.69, 9.17) is 4.74 Å². The van der Waals surface area contributed by atoms with E-state index >= 15 is 0 Å². The summed E-state index contributed by atoms with van der Waals surface area (Å²) >= 11 is 0. The van der Waals surface area contributed by atoms with Crippen molar-refractivity contribution in [2.45, 2.75) is 12.5 Å². The highest BCUT2D eigenvalue weighted by atomic mass is 16.6. The van der Waals surface area contributed by atoms with Gasteiger partial charge in [0, 0.05) is 13.5 Å². The van der Waals surface area contributed by atoms with E-state index < -0.39 is 0 Å². The van der Waals surface area contributed by atoms with Gasteiger partial charge in [0.1, 0.15) is 11.9 Å². The molecule has 0 saturated carbocycles. The molecule has 1 aromatic carbocycles. The molecule has 0 spiro atoms. The van der Waals surface area contributed by atoms with Crippen LogP contribution in [0.3, 0.4) is 0 Å². The van der Waals surface area contributed by atoms with E-state index in [1.54, 1.807) is 30.1 Å². The van der Waals surface area contributed by atoms with Crippen molar-refractivity contribution < 1.29 is 14.6 Å². The van der Waals surface area contributed by atoms with Gasteiger partial charge in [-0.05, 0) is 17.7 Å². The first-order valence-corrected chi connectivity index (χ1v) is 4.85. The quantitative estimate of drug-likeness (QED) is 0.797. The summed E-state index contributed by atoms with van der Waals surface area (Å²) in [5.41, 5.74) is 0.975. The van der Waals surface area contributed by atoms with Crippen molar-refractivity contribution in [1.82, 2.24) is 4.90 Å². The first-order chi connectivity index (χ1) is 7.15. The zero-order valence-corrected chi connectivity index (χ0v) is 8.51. The molecule has 80 valence electrons. The molecule has 0 aromatic heterocycles. The van der Waals surface area contributed by atoms with Crippen LogP contribution in [0, 0.1) is 0 Å². The fraction of sp³-hybridized carbons (Fsp3) is 0.364. The first-order valence-electron chi connectivity index (χ1n) is 4.85. The van der Waals surface area contributed by atoms with Crippen LogP contribution < -0.4 is 0 Å². The maximum Gasteiger partial charge on any atom is 0.409 e. The highest BCUT2D eigenvalue weighted by Crippen LogP contribution is 2.17. The predicted octanol–water partition coefficient (Wildman–Crippen LogP) is 1.39. The number of amides is 1. The number of hydrogen-bond acceptors (Lipinski definition) is 3. The summed E-state index contributed by atoms with van der Waals surface area (Å²) < 4.78 is 5.12. The Morgan fingerprint density at radius 3 is 3.00 bits per heavy atom. The van der Waals surface area contributed by atoms with Crippen LogP contribution in [0.1, 0.15) is 5.56 Å². The second kappa shape index (κ2) is 3.81. The van der Waals surface area contributed by atoms with Gasteiger partial charge in [0.15, 0.2) is 0 Å². The van der Waals surface area contributed by atoms with Gasteiger partial charge in [-0.25, -0.2) is 4.79 Å². The monoisotopic (exact) mass is 207 g/mol. The maximum atomic E-state index is 11.1. The number of aromatic hydroxyl groups is 1. The number of cyclic esters (lactones) is 1. The van der Waals surface area contributed by atoms with Gasteiger partial charge >= 0.3 is 6.09 Å². The minimum atomic E-state index is -0.278. The van der Waals surface area contributed by atoms with E-state index in [2.05, 4.69) is 0 Å². The van der Waals surface area contributed by atoms with E-state index in [1.165, 1.54) is 0 Å². The summed E-state index contributed by atoms with van der Waals surface area (Å²) in [7, 11) is 1.71. The van der Waals surface area contributed by atoms with Gasteiger partial charge in [-0.15, -0.1) is 0 Å². The van der Waals surface area contributed by atoms with Crippen LogP contribution in [0.2, 0.25) is 0 Å². The van der Waals surface area contributed by atoms with Crippen molar-refractivity contribution in [3.63, 3.8) is 0 Å². The molecule has 1 aliphatic rings. The molecular weight excluding hydrogens is 194 g/mol. The fourth-order valence-corrected chi connectivity index (χ4v) is 1.70. The zero-order chi connectivity index (χ0) is 10.8. The standard InChI is InChI=1S/C11H13NO3/c1-12-7-10(15-11(12)14)6-8-3-2-4-9(13)5-8/h2-5,10,13H,6-7H2,1H3. The predicted molar refractivity (Wildman–Crippen MR) is 54.7 cm³/mol. The van der Waals surface area contributed by atoms with Crippen LogP contribution in [0.5, 0.6) is 5.75 Å². The molecule has 1 fully saturated rings. The van der Waals surface area contributed by atoms with E-state index in [-0.39, 0.29) is 17.9 Å². The molecule has 1 saturated heterocycles. The second-order valence-corrected chi connectivity index (χ2v) is 3.76. The highest BCUT2D eigenvalue weighted by molar-refractivity contribution is 5.69. The Balaban J connectivity index is 2.01. The fourth-order valence-electron chi connectivity index (χ4n) is 1.70. The van der Waals surface area contributed by atoms with Crippen LogP contribution in [0.4, 0.5) is 4.79 Å². The number of nitrogens with zero attached hydrogens (tertiary/aromatic N) is 1. The van der Waals surface area contributed by atoms with Crippen LogP contribution in [0.15, 0.2) is 24.3 Å². The molecule has 0 bridgehead atoms. The number of rotatable bonds is 2. The van der Waals surface area contributed by atoms with Crippen molar-refractivity contribution in [3.05, 3.63) is 29.8 Å². The van der Waals surface area contributed by atoms with Gasteiger partial charge in [0.05, 0.1) is 6.54 Å². The van der Waals surface area contributed by atoms with Crippen LogP contribution in [-0.2, 0) is 11.2 Å². The average molecular weight is 207 g/mol. The average Bonchev–Trinajstić information content (AvgIpc) is 2.45. The number of carbonyl (C=O) groups is 1. The van der Waals surface area contributed by atoms with Crippen molar-refractivity contribution >= 4 is 6.09 Å². The smallest absolute Gasteiger partial charge is 0.409 e. The third kappa shape index (κ3) is 2.21. The van der Waals surface area contributed by atoms with Crippen molar-refractivity contribution in [2.75, 3.05) is 13.6 Å². The van der Waals surface area contributed by atoms with Gasteiger partial charge in [-0.2, -0.15) is 0 Å². The summed E-state index contributed by atoms with van der Waals surface area (Å²) in [6.45, 7) is 0.606. The number of carbonyl (C=O) groups excluding carboxylic acids is 1. The maximum absolute atomic E-state index is 11.1. The molecule has 15 heavy (non-hydrogen) atoms. The van der Waals surface area contributed by atoms with E-state index in [1.807, 2.05) is 6.07 Å². The normalized spacial score (nSPS) is 20.5. The van der Waals surface area contributed by atoms with Crippen molar-refractivity contribution in [2.24, 2.45) is 0 Å². The first kappa shape index (κ1) is 9.83. The van der Waals surface area contributed by atoms with Gasteiger partial charge in [0.2, 0.25) is 0 Å². The minimum absolute atomic E-state index is 0.107. The van der Waals surface area contributed by atoms with E-state index in [0.717, 1.165) is 5.56 Å². The molecule has 1 aliphatic heterocycles. The van der Waals surface area contributed by atoms with Gasteiger partial charge in [-0.3, -0.25) is 0 Å². The lowest BCUT2D eigenvalue weighted by Crippen LogP contribution is -2.20. The Hall–Kier alpha value is -1.71. The molecule has 1 atom stereocenters. The summed E-state index contributed by atoms with van der Waals surface area (Å²) in [6.07, 6.45) is 0.259. The molecule has 4 nitrogen and oxygen atoms in total. The number of likely N-dealkylation sites (N-methyl/N-ethyl adjacent to an activating group) is 1. The molecule has 0 radical (unpaired) electrons. The molecule has 2 rings (SSSR count). The number of ether oxygens (including phenoxy) is 1. The molecule has 4 heteroatoms. The SMILES string of the molecule is CN1CC(Cc2cccc(O)c2)OC1=O. The van der Waals surface area contributed by atoms with E-state index in [9.17, 15) is 9.90 Å². The number of hydrogen-bond donors (Lipinski definition) is 1. The Labute approximate surface area is 88.1 Å². The minimum Gasteiger partial charge on any atom is -0.508 e. The second-order valence-electron chi connectivity index (χ2n) is 3.76. The van der Waals surface area contributed by atoms with Gasteiger partial charge < -0.3 is 14.7 Å². The Morgan fingerprint density at radius 2 is 2.40 bits per heavy atom. The number of phenols is 1. The van der Waals surface area contributed by atoms with Crippen LogP contribution >= 0.6 is 0 Å². The topological polar surface area (TPSA) is 49.8 Å². The number of phenolic OH excluding ortho intramolecular Hbond substituents is 1. The molecular formula is C11H13NO3. The molecule has 1 N–H and O–H groups in total. The van der Waals surface area contributed by atoms with Crippen LogP contribution in [0.25, 0.3) is 0 Å². The number of benzene rings is 1. The highest BCUT2D eigenvalue weighted by Gasteiger charge is 2.28. The molecule has 1 unspecified atom stereocenters. The third-order valence-corrected chi connectivity index (χ3v) is 2.43. The summed E-state index contributed by atoms with van der Waals surface area (Å²) in [4.78, 5) is 12.6. The van der Waals surface area contributed by atoms with Gasteiger partial charge in [0.25, 0.3) is 0 Å². The molecule has 1 amide bonds. The van der Waals surface area contributed by atoms with Crippen molar-refractivity contribution in [1.29, 1.82) is 0 Å². The Morgan fingerprint density at radius 1 is 1.60 bits per heavy atom. The third-order valence-electron chi connectivity index (χ3n) is 2.43. The van der Waals surface area contributed by atoms with Crippen molar-refractivity contribution in [3.8, 4) is 5.75 Å². The van der Waals surface area contributed by atoms with E-state index in [0.29, 0.717) is 13.0 Å². The van der Waals surface area contributed by atoms with Crippen LogP contribution in [-0.4, -0.2) is 35.8 Å². The lowest BCUT2D eigenvalue weighted by molar-refractivity contribution is 0.134. The largest absolute Gasteiger partial charge is 0.508 e. The lowest BCUT2D eigenvalue weighted by atomic mass is 10.1. The van der Waals surface area contributed by atoms with Gasteiger partial charge in [-0.1, -0.05) is 12.1 Å². The Kier molecular flexibility index (Phi) is 2.49. The summed E-state index contributed by atoms with van der Waals surface area (Å²) in [5.74, 6) is 0.241. The Bertz CT molecular complexity index is 378. The molecule has 1 aromatic rings. The summed E-state index contributed by atoms with van der Waals surface area (Å²) in [6, 6.07) is 7.00. The zero-order valence-electron chi connectivity index (χ0n) is 8.51. The molecule has 1 heterocycles. The lowest BCUT2D eigenvalue weighted by Gasteiger charge is -2.07. The molecule has 0 aliphatic carbocycles. The summed E-state index contributed by atoms with van der Waals surface area (Å²) in [5, 5.41) is 9.27.